The maximum atomic E-state index is 12.2. The zero-order chi connectivity index (χ0) is 20.9. The zero-order valence-electron chi connectivity index (χ0n) is 15.0. The first-order valence-electron chi connectivity index (χ1n) is 8.50. The fourth-order valence-electron chi connectivity index (χ4n) is 2.41. The second kappa shape index (κ2) is 9.12. The van der Waals surface area contributed by atoms with Crippen LogP contribution >= 0.6 is 15.9 Å². The molecule has 1 amide bonds. The van der Waals surface area contributed by atoms with Crippen LogP contribution in [0.2, 0.25) is 0 Å². The average Bonchev–Trinajstić information content (AvgIpc) is 2.69. The van der Waals surface area contributed by atoms with E-state index in [-0.39, 0.29) is 29.5 Å². The van der Waals surface area contributed by atoms with Gasteiger partial charge in [0.25, 0.3) is 0 Å². The number of carbonyl (C=O) groups is 1. The van der Waals surface area contributed by atoms with Gasteiger partial charge in [-0.1, -0.05) is 28.1 Å². The number of benzene rings is 2. The third-order valence-corrected chi connectivity index (χ3v) is 5.81. The lowest BCUT2D eigenvalue weighted by molar-refractivity contribution is -0.116. The van der Waals surface area contributed by atoms with Gasteiger partial charge in [-0.15, -0.1) is 0 Å². The lowest BCUT2D eigenvalue weighted by Gasteiger charge is -2.08. The quantitative estimate of drug-likeness (QED) is 0.481. The average molecular weight is 477 g/mol. The Bertz CT molecular complexity index is 1100. The SMILES string of the molecule is O=C(CCNS(=O)(=O)c1ccc(Br)cc1)Nc1cnc(-c2cccc(O)c2)nc1. The summed E-state index contributed by atoms with van der Waals surface area (Å²) >= 11 is 3.25. The number of sulfonamides is 1. The van der Waals surface area contributed by atoms with Crippen LogP contribution in [0.3, 0.4) is 0 Å². The molecule has 0 spiro atoms. The number of nitrogens with zero attached hydrogens (tertiary/aromatic N) is 2. The molecule has 3 aromatic rings. The summed E-state index contributed by atoms with van der Waals surface area (Å²) in [5, 5.41) is 12.1. The number of phenols is 1. The van der Waals surface area contributed by atoms with E-state index in [0.717, 1.165) is 4.47 Å². The molecule has 2 aromatic carbocycles. The minimum atomic E-state index is -3.68. The van der Waals surface area contributed by atoms with E-state index in [1.165, 1.54) is 30.6 Å². The molecule has 0 saturated carbocycles. The molecule has 1 heterocycles. The van der Waals surface area contributed by atoms with Crippen LogP contribution in [0, 0.1) is 0 Å². The summed E-state index contributed by atoms with van der Waals surface area (Å²) in [5.41, 5.74) is 1.03. The first kappa shape index (κ1) is 20.9. The van der Waals surface area contributed by atoms with E-state index in [9.17, 15) is 18.3 Å². The number of amides is 1. The van der Waals surface area contributed by atoms with Gasteiger partial charge >= 0.3 is 0 Å². The molecule has 0 aliphatic heterocycles. The second-order valence-electron chi connectivity index (χ2n) is 6.00. The van der Waals surface area contributed by atoms with Crippen LogP contribution in [0.5, 0.6) is 5.75 Å². The second-order valence-corrected chi connectivity index (χ2v) is 8.68. The van der Waals surface area contributed by atoms with Crippen molar-refractivity contribution in [2.75, 3.05) is 11.9 Å². The number of hydrogen-bond donors (Lipinski definition) is 3. The van der Waals surface area contributed by atoms with Crippen molar-refractivity contribution in [3.05, 3.63) is 65.4 Å². The third-order valence-electron chi connectivity index (χ3n) is 3.81. The Labute approximate surface area is 176 Å². The number of hydrogen-bond acceptors (Lipinski definition) is 6. The minimum absolute atomic E-state index is 0.0491. The number of aromatic hydroxyl groups is 1. The Morgan fingerprint density at radius 1 is 1.07 bits per heavy atom. The smallest absolute Gasteiger partial charge is 0.240 e. The van der Waals surface area contributed by atoms with Crippen molar-refractivity contribution in [3.63, 3.8) is 0 Å². The van der Waals surface area contributed by atoms with Gasteiger partial charge in [-0.25, -0.2) is 23.1 Å². The van der Waals surface area contributed by atoms with Crippen molar-refractivity contribution in [2.45, 2.75) is 11.3 Å². The zero-order valence-corrected chi connectivity index (χ0v) is 17.4. The molecule has 150 valence electrons. The third kappa shape index (κ3) is 5.83. The van der Waals surface area contributed by atoms with E-state index in [0.29, 0.717) is 17.1 Å². The predicted molar refractivity (Wildman–Crippen MR) is 112 cm³/mol. The summed E-state index contributed by atoms with van der Waals surface area (Å²) < 4.78 is 27.5. The van der Waals surface area contributed by atoms with Crippen LogP contribution < -0.4 is 10.0 Å². The Hall–Kier alpha value is -2.82. The van der Waals surface area contributed by atoms with E-state index in [2.05, 4.69) is 35.9 Å². The van der Waals surface area contributed by atoms with Crippen LogP contribution in [0.1, 0.15) is 6.42 Å². The van der Waals surface area contributed by atoms with Gasteiger partial charge < -0.3 is 10.4 Å². The molecule has 0 bridgehead atoms. The maximum Gasteiger partial charge on any atom is 0.240 e. The van der Waals surface area contributed by atoms with E-state index in [1.54, 1.807) is 30.3 Å². The van der Waals surface area contributed by atoms with Crippen molar-refractivity contribution in [2.24, 2.45) is 0 Å². The number of carbonyl (C=O) groups excluding carboxylic acids is 1. The number of anilines is 1. The molecule has 0 fully saturated rings. The van der Waals surface area contributed by atoms with Gasteiger partial charge in [-0.2, -0.15) is 0 Å². The molecule has 3 rings (SSSR count). The van der Waals surface area contributed by atoms with E-state index >= 15 is 0 Å². The van der Waals surface area contributed by atoms with Gasteiger partial charge in [-0.3, -0.25) is 4.79 Å². The molecule has 8 nitrogen and oxygen atoms in total. The van der Waals surface area contributed by atoms with E-state index < -0.39 is 10.0 Å². The topological polar surface area (TPSA) is 121 Å². The standard InChI is InChI=1S/C19H17BrN4O4S/c20-14-4-6-17(7-5-14)29(27,28)23-9-8-18(26)24-15-11-21-19(22-12-15)13-2-1-3-16(25)10-13/h1-7,10-12,23,25H,8-9H2,(H,24,26). The molecule has 0 radical (unpaired) electrons. The van der Waals surface area contributed by atoms with Crippen molar-refractivity contribution in [1.82, 2.24) is 14.7 Å². The normalized spacial score (nSPS) is 11.2. The van der Waals surface area contributed by atoms with Crippen LogP contribution in [0.15, 0.2) is 70.3 Å². The number of rotatable bonds is 7. The van der Waals surface area contributed by atoms with Gasteiger partial charge in [0.1, 0.15) is 5.75 Å². The van der Waals surface area contributed by atoms with Crippen LogP contribution in [0.4, 0.5) is 5.69 Å². The summed E-state index contributed by atoms with van der Waals surface area (Å²) in [6, 6.07) is 12.7. The molecule has 0 unspecified atom stereocenters. The highest BCUT2D eigenvalue weighted by atomic mass is 79.9. The van der Waals surface area contributed by atoms with Gasteiger partial charge in [-0.05, 0) is 36.4 Å². The summed E-state index contributed by atoms with van der Waals surface area (Å²) in [7, 11) is -3.68. The Balaban J connectivity index is 1.52. The molecule has 0 saturated heterocycles. The highest BCUT2D eigenvalue weighted by Gasteiger charge is 2.14. The van der Waals surface area contributed by atoms with Crippen LogP contribution in [-0.2, 0) is 14.8 Å². The molecule has 10 heteroatoms. The molecule has 0 aliphatic carbocycles. The highest BCUT2D eigenvalue weighted by Crippen LogP contribution is 2.20. The van der Waals surface area contributed by atoms with E-state index in [4.69, 9.17) is 0 Å². The minimum Gasteiger partial charge on any atom is -0.508 e. The number of nitrogens with one attached hydrogen (secondary N) is 2. The molecular weight excluding hydrogens is 460 g/mol. The highest BCUT2D eigenvalue weighted by molar-refractivity contribution is 9.10. The fourth-order valence-corrected chi connectivity index (χ4v) is 3.70. The number of phenolic OH excluding ortho intramolecular Hbond substituents is 1. The Kier molecular flexibility index (Phi) is 6.57. The molecule has 29 heavy (non-hydrogen) atoms. The van der Waals surface area contributed by atoms with Crippen LogP contribution in [0.25, 0.3) is 11.4 Å². The molecule has 3 N–H and O–H groups in total. The fraction of sp³-hybridized carbons (Fsp3) is 0.105. The van der Waals surface area contributed by atoms with E-state index in [1.807, 2.05) is 0 Å². The van der Waals surface area contributed by atoms with Gasteiger partial charge in [0.15, 0.2) is 5.82 Å². The summed E-state index contributed by atoms with van der Waals surface area (Å²) in [6.07, 6.45) is 2.83. The molecule has 0 atom stereocenters. The Morgan fingerprint density at radius 3 is 2.41 bits per heavy atom. The predicted octanol–water partition coefficient (Wildman–Crippen LogP) is 2.92. The molecular formula is C19H17BrN4O4S. The summed E-state index contributed by atoms with van der Waals surface area (Å²) in [4.78, 5) is 20.5. The number of halogens is 1. The van der Waals surface area contributed by atoms with Gasteiger partial charge in [0, 0.05) is 23.0 Å². The summed E-state index contributed by atoms with van der Waals surface area (Å²) in [6.45, 7) is -0.0491. The maximum absolute atomic E-state index is 12.2. The first-order valence-corrected chi connectivity index (χ1v) is 10.8. The number of aromatic nitrogens is 2. The Morgan fingerprint density at radius 2 is 1.76 bits per heavy atom. The first-order chi connectivity index (χ1) is 13.8. The largest absolute Gasteiger partial charge is 0.508 e. The van der Waals surface area contributed by atoms with Crippen molar-refractivity contribution < 1.29 is 18.3 Å². The van der Waals surface area contributed by atoms with Crippen molar-refractivity contribution in [1.29, 1.82) is 0 Å². The van der Waals surface area contributed by atoms with Crippen molar-refractivity contribution >= 4 is 37.5 Å². The van der Waals surface area contributed by atoms with Crippen molar-refractivity contribution in [3.8, 4) is 17.1 Å². The summed E-state index contributed by atoms with van der Waals surface area (Å²) in [5.74, 6) is 0.132. The lowest BCUT2D eigenvalue weighted by atomic mass is 10.2. The molecule has 0 aliphatic rings. The van der Waals surface area contributed by atoms with Crippen LogP contribution in [-0.4, -0.2) is 35.9 Å². The monoisotopic (exact) mass is 476 g/mol. The molecule has 1 aromatic heterocycles. The van der Waals surface area contributed by atoms with Gasteiger partial charge in [0.05, 0.1) is 23.0 Å². The lowest BCUT2D eigenvalue weighted by Crippen LogP contribution is -2.27. The van der Waals surface area contributed by atoms with Gasteiger partial charge in [0.2, 0.25) is 15.9 Å².